The van der Waals surface area contributed by atoms with Crippen LogP contribution < -0.4 is 5.73 Å². The van der Waals surface area contributed by atoms with Crippen molar-refractivity contribution in [3.63, 3.8) is 0 Å². The van der Waals surface area contributed by atoms with Gasteiger partial charge in [-0.1, -0.05) is 17.7 Å². The van der Waals surface area contributed by atoms with E-state index in [1.807, 2.05) is 0 Å². The van der Waals surface area contributed by atoms with Crippen LogP contribution in [0.25, 0.3) is 0 Å². The third-order valence-corrected chi connectivity index (χ3v) is 3.64. The number of benzene rings is 1. The van der Waals surface area contributed by atoms with E-state index in [4.69, 9.17) is 21.8 Å². The minimum Gasteiger partial charge on any atom is -0.452 e. The lowest BCUT2D eigenvalue weighted by atomic mass is 9.92. The second-order valence-corrected chi connectivity index (χ2v) is 5.28. The molecule has 3 nitrogen and oxygen atoms in total. The van der Waals surface area contributed by atoms with Crippen LogP contribution in [0.3, 0.4) is 0 Å². The molecule has 6 heteroatoms. The molecule has 0 aliphatic heterocycles. The van der Waals surface area contributed by atoms with Crippen molar-refractivity contribution in [3.8, 4) is 0 Å². The van der Waals surface area contributed by atoms with Crippen molar-refractivity contribution < 1.29 is 13.9 Å². The Balaban J connectivity index is 2.33. The van der Waals surface area contributed by atoms with Crippen LogP contribution >= 0.6 is 27.5 Å². The van der Waals surface area contributed by atoms with Crippen LogP contribution in [0.2, 0.25) is 5.02 Å². The van der Waals surface area contributed by atoms with Crippen LogP contribution in [0.15, 0.2) is 39.4 Å². The number of furan rings is 1. The number of aliphatic hydroxyl groups excluding tert-OH is 1. The first-order chi connectivity index (χ1) is 9.02. The van der Waals surface area contributed by atoms with Crippen molar-refractivity contribution in [2.45, 2.75) is 12.0 Å². The summed E-state index contributed by atoms with van der Waals surface area (Å²) in [6.45, 7) is 0.158. The molecule has 3 N–H and O–H groups in total. The third kappa shape index (κ3) is 3.17. The van der Waals surface area contributed by atoms with Gasteiger partial charge in [0.1, 0.15) is 17.7 Å². The molecule has 0 fully saturated rings. The maximum atomic E-state index is 13.0. The Hall–Kier alpha value is -0.880. The lowest BCUT2D eigenvalue weighted by Gasteiger charge is -2.21. The van der Waals surface area contributed by atoms with E-state index in [1.165, 1.54) is 18.2 Å². The highest BCUT2D eigenvalue weighted by molar-refractivity contribution is 9.10. The molecule has 0 bridgehead atoms. The summed E-state index contributed by atoms with van der Waals surface area (Å²) in [5.41, 5.74) is 6.28. The summed E-state index contributed by atoms with van der Waals surface area (Å²) in [7, 11) is 0. The van der Waals surface area contributed by atoms with Gasteiger partial charge in [0.05, 0.1) is 0 Å². The zero-order chi connectivity index (χ0) is 14.0. The van der Waals surface area contributed by atoms with Gasteiger partial charge in [0.2, 0.25) is 0 Å². The quantitative estimate of drug-likeness (QED) is 0.887. The highest BCUT2D eigenvalue weighted by Crippen LogP contribution is 2.35. The minimum atomic E-state index is -0.945. The van der Waals surface area contributed by atoms with Gasteiger partial charge in [-0.05, 0) is 45.8 Å². The first-order valence-corrected chi connectivity index (χ1v) is 6.78. The third-order valence-electron chi connectivity index (χ3n) is 2.88. The van der Waals surface area contributed by atoms with Crippen LogP contribution in [-0.2, 0) is 0 Å². The van der Waals surface area contributed by atoms with Gasteiger partial charge >= 0.3 is 0 Å². The molecule has 0 radical (unpaired) electrons. The van der Waals surface area contributed by atoms with E-state index in [0.29, 0.717) is 16.0 Å². The van der Waals surface area contributed by atoms with Crippen molar-refractivity contribution in [1.82, 2.24) is 0 Å². The monoisotopic (exact) mass is 347 g/mol. The van der Waals surface area contributed by atoms with E-state index in [0.717, 1.165) is 0 Å². The summed E-state index contributed by atoms with van der Waals surface area (Å²) in [5, 5.41) is 10.5. The maximum absolute atomic E-state index is 13.0. The fourth-order valence-electron chi connectivity index (χ4n) is 1.91. The Morgan fingerprint density at radius 2 is 2.11 bits per heavy atom. The van der Waals surface area contributed by atoms with Gasteiger partial charge in [0.25, 0.3) is 0 Å². The molecule has 102 valence electrons. The number of hydrogen-bond acceptors (Lipinski definition) is 3. The summed E-state index contributed by atoms with van der Waals surface area (Å²) < 4.78 is 18.9. The molecule has 0 amide bonds. The van der Waals surface area contributed by atoms with Crippen LogP contribution in [0.1, 0.15) is 23.3 Å². The molecular formula is C13H12BrClFNO2. The van der Waals surface area contributed by atoms with E-state index in [2.05, 4.69) is 15.9 Å². The normalized spacial score (nSPS) is 14.4. The summed E-state index contributed by atoms with van der Waals surface area (Å²) in [4.78, 5) is 0. The van der Waals surface area contributed by atoms with Gasteiger partial charge in [-0.25, -0.2) is 4.39 Å². The van der Waals surface area contributed by atoms with Gasteiger partial charge in [-0.3, -0.25) is 0 Å². The molecule has 1 heterocycles. The second-order valence-electron chi connectivity index (χ2n) is 4.09. The molecule has 1 aromatic carbocycles. The Morgan fingerprint density at radius 3 is 2.63 bits per heavy atom. The summed E-state index contributed by atoms with van der Waals surface area (Å²) in [6, 6.07) is 7.34. The molecule has 19 heavy (non-hydrogen) atoms. The predicted molar refractivity (Wildman–Crippen MR) is 74.6 cm³/mol. The first kappa shape index (κ1) is 14.5. The molecule has 2 aromatic rings. The van der Waals surface area contributed by atoms with Gasteiger partial charge in [0.15, 0.2) is 4.67 Å². The first-order valence-electron chi connectivity index (χ1n) is 5.61. The minimum absolute atomic E-state index is 0.158. The molecule has 2 unspecified atom stereocenters. The molecule has 0 aliphatic carbocycles. The summed E-state index contributed by atoms with van der Waals surface area (Å²) >= 11 is 9.16. The molecular weight excluding hydrogens is 337 g/mol. The van der Waals surface area contributed by atoms with E-state index in [9.17, 15) is 9.50 Å². The van der Waals surface area contributed by atoms with E-state index in [1.54, 1.807) is 12.1 Å². The Labute approximate surface area is 123 Å². The van der Waals surface area contributed by atoms with Crippen LogP contribution in [0.4, 0.5) is 4.39 Å². The average molecular weight is 349 g/mol. The van der Waals surface area contributed by atoms with Crippen LogP contribution in [0, 0.1) is 5.82 Å². The van der Waals surface area contributed by atoms with Gasteiger partial charge < -0.3 is 15.3 Å². The van der Waals surface area contributed by atoms with Crippen LogP contribution in [0.5, 0.6) is 0 Å². The van der Waals surface area contributed by atoms with Crippen LogP contribution in [-0.4, -0.2) is 11.7 Å². The van der Waals surface area contributed by atoms with Crippen molar-refractivity contribution in [1.29, 1.82) is 0 Å². The highest BCUT2D eigenvalue weighted by atomic mass is 79.9. The van der Waals surface area contributed by atoms with Gasteiger partial charge in [-0.15, -0.1) is 0 Å². The predicted octanol–water partition coefficient (Wildman–Crippen LogP) is 3.61. The van der Waals surface area contributed by atoms with Crippen molar-refractivity contribution in [3.05, 3.63) is 57.2 Å². The Morgan fingerprint density at radius 1 is 1.37 bits per heavy atom. The topological polar surface area (TPSA) is 59.4 Å². The molecule has 0 spiro atoms. The number of rotatable bonds is 4. The van der Waals surface area contributed by atoms with E-state index < -0.39 is 17.8 Å². The summed E-state index contributed by atoms with van der Waals surface area (Å²) in [5.74, 6) is -0.520. The standard InChI is InChI=1S/C13H12BrClFNO2/c14-12-4-3-11(19-12)13(18)9(6-17)8-2-1-7(16)5-10(8)15/h1-5,9,13,18H,6,17H2. The molecule has 2 rings (SSSR count). The highest BCUT2D eigenvalue weighted by Gasteiger charge is 2.26. The SMILES string of the molecule is NCC(c1ccc(F)cc1Cl)C(O)c1ccc(Br)o1. The van der Waals surface area contributed by atoms with E-state index >= 15 is 0 Å². The largest absolute Gasteiger partial charge is 0.452 e. The molecule has 2 atom stereocenters. The van der Waals surface area contributed by atoms with E-state index in [-0.39, 0.29) is 11.6 Å². The Kier molecular flexibility index (Phi) is 4.62. The smallest absolute Gasteiger partial charge is 0.169 e. The number of halogens is 3. The van der Waals surface area contributed by atoms with Gasteiger partial charge in [-0.2, -0.15) is 0 Å². The molecule has 0 saturated heterocycles. The molecule has 0 aliphatic rings. The van der Waals surface area contributed by atoms with Crippen molar-refractivity contribution >= 4 is 27.5 Å². The van der Waals surface area contributed by atoms with Crippen molar-refractivity contribution in [2.75, 3.05) is 6.54 Å². The second kappa shape index (κ2) is 6.05. The molecule has 1 aromatic heterocycles. The number of aliphatic hydroxyl groups is 1. The summed E-state index contributed by atoms with van der Waals surface area (Å²) in [6.07, 6.45) is -0.945. The fraction of sp³-hybridized carbons (Fsp3) is 0.231. The fourth-order valence-corrected chi connectivity index (χ4v) is 2.54. The Bertz CT molecular complexity index is 576. The van der Waals surface area contributed by atoms with Crippen molar-refractivity contribution in [2.24, 2.45) is 5.73 Å². The maximum Gasteiger partial charge on any atom is 0.169 e. The number of hydrogen-bond donors (Lipinski definition) is 2. The lowest BCUT2D eigenvalue weighted by Crippen LogP contribution is -2.20. The average Bonchev–Trinajstić information content (AvgIpc) is 2.79. The van der Waals surface area contributed by atoms with Gasteiger partial charge in [0, 0.05) is 17.5 Å². The molecule has 0 saturated carbocycles. The zero-order valence-electron chi connectivity index (χ0n) is 9.82. The number of nitrogens with two attached hydrogens (primary N) is 1. The lowest BCUT2D eigenvalue weighted by molar-refractivity contribution is 0.120. The zero-order valence-corrected chi connectivity index (χ0v) is 12.2.